The van der Waals surface area contributed by atoms with Crippen molar-refractivity contribution >= 4 is 11.6 Å². The van der Waals surface area contributed by atoms with Gasteiger partial charge in [-0.25, -0.2) is 0 Å². The average Bonchev–Trinajstić information content (AvgIpc) is 3.18. The number of nitrogens with zero attached hydrogens (tertiary/aromatic N) is 4. The minimum atomic E-state index is -0.0104. The summed E-state index contributed by atoms with van der Waals surface area (Å²) in [4.78, 5) is 17.2. The molecule has 2 aromatic rings. The van der Waals surface area contributed by atoms with E-state index in [1.807, 2.05) is 24.1 Å². The number of hydrogen-bond donors (Lipinski definition) is 0. The molecular formula is C21H28N4O2. The predicted octanol–water partition coefficient (Wildman–Crippen LogP) is 2.72. The van der Waals surface area contributed by atoms with Crippen LogP contribution in [0.2, 0.25) is 0 Å². The maximum Gasteiger partial charge on any atom is 0.274 e. The number of amides is 1. The van der Waals surface area contributed by atoms with Crippen LogP contribution in [0, 0.1) is 6.92 Å². The lowest BCUT2D eigenvalue weighted by Gasteiger charge is -2.61. The molecule has 1 amide bonds. The predicted molar refractivity (Wildman–Crippen MR) is 105 cm³/mol. The fourth-order valence-corrected chi connectivity index (χ4v) is 4.46. The summed E-state index contributed by atoms with van der Waals surface area (Å²) in [5, 5.41) is 4.37. The van der Waals surface area contributed by atoms with Crippen molar-refractivity contribution in [3.63, 3.8) is 0 Å². The van der Waals surface area contributed by atoms with E-state index in [1.54, 1.807) is 11.8 Å². The van der Waals surface area contributed by atoms with Crippen molar-refractivity contribution in [2.45, 2.75) is 44.9 Å². The molecule has 2 fully saturated rings. The van der Waals surface area contributed by atoms with Gasteiger partial charge in [0, 0.05) is 45.2 Å². The van der Waals surface area contributed by atoms with E-state index in [0.29, 0.717) is 5.69 Å². The van der Waals surface area contributed by atoms with Gasteiger partial charge in [0.25, 0.3) is 5.91 Å². The molecule has 27 heavy (non-hydrogen) atoms. The highest BCUT2D eigenvalue weighted by molar-refractivity contribution is 5.92. The van der Waals surface area contributed by atoms with Gasteiger partial charge in [-0.3, -0.25) is 9.48 Å². The molecule has 1 unspecified atom stereocenters. The van der Waals surface area contributed by atoms with Crippen LogP contribution in [0.15, 0.2) is 36.5 Å². The van der Waals surface area contributed by atoms with Gasteiger partial charge < -0.3 is 14.5 Å². The van der Waals surface area contributed by atoms with E-state index in [2.05, 4.69) is 41.2 Å². The Morgan fingerprint density at radius 3 is 2.52 bits per heavy atom. The van der Waals surface area contributed by atoms with E-state index in [-0.39, 0.29) is 17.6 Å². The Bertz CT molecular complexity index is 806. The van der Waals surface area contributed by atoms with Crippen LogP contribution in [0.4, 0.5) is 5.69 Å². The van der Waals surface area contributed by atoms with E-state index >= 15 is 0 Å². The molecule has 2 aliphatic rings. The van der Waals surface area contributed by atoms with Gasteiger partial charge in [0.2, 0.25) is 0 Å². The SMILES string of the molecule is CCn1ccc(C(=O)N2CCC3(CC2)C(OC)CN3c2ccc(C)cc2)n1. The van der Waals surface area contributed by atoms with Gasteiger partial charge in [0.1, 0.15) is 5.69 Å². The number of aryl methyl sites for hydroxylation is 2. The Labute approximate surface area is 160 Å². The molecule has 2 saturated heterocycles. The van der Waals surface area contributed by atoms with Crippen LogP contribution in [0.3, 0.4) is 0 Å². The second-order valence-electron chi connectivity index (χ2n) is 7.62. The molecule has 6 heteroatoms. The van der Waals surface area contributed by atoms with Crippen molar-refractivity contribution < 1.29 is 9.53 Å². The number of likely N-dealkylation sites (tertiary alicyclic amines) is 1. The van der Waals surface area contributed by atoms with Gasteiger partial charge in [0.05, 0.1) is 11.6 Å². The lowest BCUT2D eigenvalue weighted by atomic mass is 9.73. The van der Waals surface area contributed by atoms with Crippen LogP contribution in [0.5, 0.6) is 0 Å². The topological polar surface area (TPSA) is 50.6 Å². The van der Waals surface area contributed by atoms with Gasteiger partial charge in [-0.15, -0.1) is 0 Å². The van der Waals surface area contributed by atoms with Crippen molar-refractivity contribution in [1.82, 2.24) is 14.7 Å². The summed E-state index contributed by atoms with van der Waals surface area (Å²) in [6.07, 6.45) is 3.92. The highest BCUT2D eigenvalue weighted by atomic mass is 16.5. The van der Waals surface area contributed by atoms with Crippen LogP contribution in [-0.4, -0.2) is 59.0 Å². The fourth-order valence-electron chi connectivity index (χ4n) is 4.46. The third-order valence-corrected chi connectivity index (χ3v) is 6.22. The lowest BCUT2D eigenvalue weighted by Crippen LogP contribution is -2.74. The summed E-state index contributed by atoms with van der Waals surface area (Å²) in [6.45, 7) is 7.29. The number of rotatable bonds is 4. The molecule has 0 N–H and O–H groups in total. The maximum atomic E-state index is 12.8. The summed E-state index contributed by atoms with van der Waals surface area (Å²) in [5.74, 6) is 0.0345. The fraction of sp³-hybridized carbons (Fsp3) is 0.524. The molecule has 0 bridgehead atoms. The lowest BCUT2D eigenvalue weighted by molar-refractivity contribution is -0.0433. The van der Waals surface area contributed by atoms with Crippen molar-refractivity contribution in [3.8, 4) is 0 Å². The first-order valence-electron chi connectivity index (χ1n) is 9.77. The van der Waals surface area contributed by atoms with Gasteiger partial charge in [0.15, 0.2) is 0 Å². The van der Waals surface area contributed by atoms with E-state index in [1.165, 1.54) is 11.3 Å². The summed E-state index contributed by atoms with van der Waals surface area (Å²) in [6, 6.07) is 10.5. The van der Waals surface area contributed by atoms with Gasteiger partial charge in [-0.1, -0.05) is 17.7 Å². The zero-order chi connectivity index (χ0) is 19.0. The van der Waals surface area contributed by atoms with Gasteiger partial charge in [-0.05, 0) is 44.9 Å². The molecule has 0 saturated carbocycles. The van der Waals surface area contributed by atoms with Crippen LogP contribution in [-0.2, 0) is 11.3 Å². The monoisotopic (exact) mass is 368 g/mol. The molecule has 1 aromatic carbocycles. The van der Waals surface area contributed by atoms with Gasteiger partial charge in [-0.2, -0.15) is 5.10 Å². The minimum absolute atomic E-state index is 0.0104. The Morgan fingerprint density at radius 1 is 1.22 bits per heavy atom. The molecule has 1 aromatic heterocycles. The first-order valence-corrected chi connectivity index (χ1v) is 9.77. The number of carbonyl (C=O) groups excluding carboxylic acids is 1. The zero-order valence-corrected chi connectivity index (χ0v) is 16.4. The highest BCUT2D eigenvalue weighted by Gasteiger charge is 2.55. The first-order chi connectivity index (χ1) is 13.1. The van der Waals surface area contributed by atoms with Crippen molar-refractivity contribution in [2.75, 3.05) is 31.6 Å². The Balaban J connectivity index is 1.48. The van der Waals surface area contributed by atoms with Crippen molar-refractivity contribution in [3.05, 3.63) is 47.8 Å². The minimum Gasteiger partial charge on any atom is -0.377 e. The molecule has 0 radical (unpaired) electrons. The quantitative estimate of drug-likeness (QED) is 0.833. The summed E-state index contributed by atoms with van der Waals surface area (Å²) >= 11 is 0. The first kappa shape index (κ1) is 18.0. The molecule has 1 spiro atoms. The number of hydrogen-bond acceptors (Lipinski definition) is 4. The van der Waals surface area contributed by atoms with Crippen LogP contribution in [0.1, 0.15) is 35.8 Å². The molecule has 3 heterocycles. The van der Waals surface area contributed by atoms with E-state index < -0.39 is 0 Å². The van der Waals surface area contributed by atoms with Crippen LogP contribution < -0.4 is 4.90 Å². The third kappa shape index (κ3) is 3.02. The Hall–Kier alpha value is -2.34. The number of methoxy groups -OCH3 is 1. The summed E-state index contributed by atoms with van der Waals surface area (Å²) in [7, 11) is 1.80. The van der Waals surface area contributed by atoms with E-state index in [0.717, 1.165) is 39.0 Å². The maximum absolute atomic E-state index is 12.8. The molecular weight excluding hydrogens is 340 g/mol. The molecule has 4 rings (SSSR count). The highest BCUT2D eigenvalue weighted by Crippen LogP contribution is 2.44. The number of anilines is 1. The largest absolute Gasteiger partial charge is 0.377 e. The molecule has 144 valence electrons. The average molecular weight is 368 g/mol. The molecule has 1 atom stereocenters. The number of aromatic nitrogens is 2. The van der Waals surface area contributed by atoms with E-state index in [9.17, 15) is 4.79 Å². The zero-order valence-electron chi connectivity index (χ0n) is 16.4. The molecule has 6 nitrogen and oxygen atoms in total. The molecule has 0 aliphatic carbocycles. The van der Waals surface area contributed by atoms with Crippen molar-refractivity contribution in [2.24, 2.45) is 0 Å². The summed E-state index contributed by atoms with van der Waals surface area (Å²) < 4.78 is 7.59. The Morgan fingerprint density at radius 2 is 1.93 bits per heavy atom. The number of piperidine rings is 1. The second-order valence-corrected chi connectivity index (χ2v) is 7.62. The third-order valence-electron chi connectivity index (χ3n) is 6.22. The van der Waals surface area contributed by atoms with Crippen molar-refractivity contribution in [1.29, 1.82) is 0 Å². The van der Waals surface area contributed by atoms with Crippen LogP contribution in [0.25, 0.3) is 0 Å². The smallest absolute Gasteiger partial charge is 0.274 e. The van der Waals surface area contributed by atoms with Gasteiger partial charge >= 0.3 is 0 Å². The summed E-state index contributed by atoms with van der Waals surface area (Å²) in [5.41, 5.74) is 3.04. The second kappa shape index (κ2) is 7.00. The Kier molecular flexibility index (Phi) is 4.68. The van der Waals surface area contributed by atoms with E-state index in [4.69, 9.17) is 4.74 Å². The van der Waals surface area contributed by atoms with Crippen LogP contribution >= 0.6 is 0 Å². The standard InChI is InChI=1S/C21H28N4O2/c1-4-24-12-9-18(22-24)20(26)23-13-10-21(11-14-23)19(27-3)15-25(21)17-7-5-16(2)6-8-17/h5-9,12,19H,4,10-11,13-15H2,1-3H3. The number of carbonyl (C=O) groups is 1. The number of ether oxygens (including phenoxy) is 1. The molecule has 2 aliphatic heterocycles. The normalized spacial score (nSPS) is 21.4. The number of benzene rings is 1.